The van der Waals surface area contributed by atoms with Crippen LogP contribution in [0.3, 0.4) is 0 Å². The van der Waals surface area contributed by atoms with Crippen molar-refractivity contribution >= 4 is 5.82 Å². The highest BCUT2D eigenvalue weighted by Gasteiger charge is 2.31. The van der Waals surface area contributed by atoms with Gasteiger partial charge in [0.1, 0.15) is 0 Å². The van der Waals surface area contributed by atoms with Gasteiger partial charge in [0.05, 0.1) is 0 Å². The number of nitrogens with one attached hydrogen (secondary N) is 1. The van der Waals surface area contributed by atoms with Crippen molar-refractivity contribution in [3.63, 3.8) is 0 Å². The standard InChI is InChI=1S/C17H28FN3/c1-4-5-10-21(15-6-7-15)17-16(18)14(8-9-20-17)12-19-11-13(2)3/h8-9,13,15,19H,4-7,10-12H2,1-3H3. The molecular weight excluding hydrogens is 265 g/mol. The lowest BCUT2D eigenvalue weighted by atomic mass is 10.2. The summed E-state index contributed by atoms with van der Waals surface area (Å²) in [4.78, 5) is 6.49. The fourth-order valence-electron chi connectivity index (χ4n) is 2.48. The molecule has 1 aromatic rings. The summed E-state index contributed by atoms with van der Waals surface area (Å²) in [6.45, 7) is 8.86. The highest BCUT2D eigenvalue weighted by molar-refractivity contribution is 5.45. The Hall–Kier alpha value is -1.16. The Morgan fingerprint density at radius 1 is 1.43 bits per heavy atom. The number of hydrogen-bond donors (Lipinski definition) is 1. The molecule has 1 aromatic heterocycles. The number of aromatic nitrogens is 1. The average molecular weight is 293 g/mol. The Kier molecular flexibility index (Phi) is 5.97. The van der Waals surface area contributed by atoms with Crippen LogP contribution in [0.1, 0.15) is 52.0 Å². The Bertz CT molecular complexity index is 444. The molecule has 0 radical (unpaired) electrons. The summed E-state index contributed by atoms with van der Waals surface area (Å²) in [5, 5.41) is 3.31. The molecule has 0 aliphatic heterocycles. The minimum absolute atomic E-state index is 0.142. The van der Waals surface area contributed by atoms with Crippen molar-refractivity contribution in [1.82, 2.24) is 10.3 Å². The fourth-order valence-corrected chi connectivity index (χ4v) is 2.48. The molecular formula is C17H28FN3. The first kappa shape index (κ1) is 16.2. The molecule has 0 atom stereocenters. The monoisotopic (exact) mass is 293 g/mol. The van der Waals surface area contributed by atoms with Crippen molar-refractivity contribution in [2.24, 2.45) is 5.92 Å². The van der Waals surface area contributed by atoms with Crippen molar-refractivity contribution < 1.29 is 4.39 Å². The summed E-state index contributed by atoms with van der Waals surface area (Å²) in [5.74, 6) is 0.980. The first-order valence-electron chi connectivity index (χ1n) is 8.24. The van der Waals surface area contributed by atoms with E-state index in [0.29, 0.717) is 24.3 Å². The predicted molar refractivity (Wildman–Crippen MR) is 86.0 cm³/mol. The SMILES string of the molecule is CCCCN(c1nccc(CNCC(C)C)c1F)C1CC1. The van der Waals surface area contributed by atoms with E-state index in [2.05, 4.69) is 36.0 Å². The second kappa shape index (κ2) is 7.74. The van der Waals surface area contributed by atoms with Crippen molar-refractivity contribution in [2.45, 2.75) is 59.0 Å². The molecule has 2 rings (SSSR count). The zero-order valence-electron chi connectivity index (χ0n) is 13.5. The van der Waals surface area contributed by atoms with Gasteiger partial charge in [0, 0.05) is 30.9 Å². The fraction of sp³-hybridized carbons (Fsp3) is 0.706. The Morgan fingerprint density at radius 2 is 2.19 bits per heavy atom. The molecule has 0 aromatic carbocycles. The van der Waals surface area contributed by atoms with Crippen LogP contribution in [0.4, 0.5) is 10.2 Å². The zero-order valence-corrected chi connectivity index (χ0v) is 13.5. The van der Waals surface area contributed by atoms with Crippen LogP contribution in [0, 0.1) is 11.7 Å². The molecule has 4 heteroatoms. The third-order valence-corrected chi connectivity index (χ3v) is 3.83. The van der Waals surface area contributed by atoms with Crippen molar-refractivity contribution in [3.05, 3.63) is 23.6 Å². The molecule has 0 spiro atoms. The summed E-state index contributed by atoms with van der Waals surface area (Å²) in [5.41, 5.74) is 0.725. The molecule has 118 valence electrons. The van der Waals surface area contributed by atoms with E-state index in [1.807, 2.05) is 0 Å². The molecule has 1 aliphatic rings. The molecule has 0 bridgehead atoms. The first-order valence-corrected chi connectivity index (χ1v) is 8.24. The highest BCUT2D eigenvalue weighted by Crippen LogP contribution is 2.32. The lowest BCUT2D eigenvalue weighted by Gasteiger charge is -2.24. The van der Waals surface area contributed by atoms with Gasteiger partial charge in [-0.25, -0.2) is 9.37 Å². The van der Waals surface area contributed by atoms with Crippen molar-refractivity contribution in [2.75, 3.05) is 18.0 Å². The van der Waals surface area contributed by atoms with Crippen LogP contribution in [0.15, 0.2) is 12.3 Å². The molecule has 1 fully saturated rings. The third kappa shape index (κ3) is 4.67. The van der Waals surface area contributed by atoms with Gasteiger partial charge in [-0.3, -0.25) is 0 Å². The highest BCUT2D eigenvalue weighted by atomic mass is 19.1. The minimum Gasteiger partial charge on any atom is -0.351 e. The average Bonchev–Trinajstić information content (AvgIpc) is 3.27. The van der Waals surface area contributed by atoms with Gasteiger partial charge >= 0.3 is 0 Å². The van der Waals surface area contributed by atoms with Crippen molar-refractivity contribution in [1.29, 1.82) is 0 Å². The molecule has 1 N–H and O–H groups in total. The van der Waals surface area contributed by atoms with E-state index < -0.39 is 0 Å². The second-order valence-corrected chi connectivity index (χ2v) is 6.41. The first-order chi connectivity index (χ1) is 10.1. The Balaban J connectivity index is 2.07. The maximum Gasteiger partial charge on any atom is 0.170 e. The van der Waals surface area contributed by atoms with Crippen LogP contribution in [-0.2, 0) is 6.54 Å². The molecule has 1 heterocycles. The van der Waals surface area contributed by atoms with Gasteiger partial charge in [-0.1, -0.05) is 27.2 Å². The molecule has 0 amide bonds. The van der Waals surface area contributed by atoms with Crippen LogP contribution in [0.5, 0.6) is 0 Å². The topological polar surface area (TPSA) is 28.2 Å². The van der Waals surface area contributed by atoms with E-state index in [9.17, 15) is 4.39 Å². The molecule has 0 unspecified atom stereocenters. The minimum atomic E-state index is -0.142. The van der Waals surface area contributed by atoms with Gasteiger partial charge < -0.3 is 10.2 Å². The number of anilines is 1. The van der Waals surface area contributed by atoms with E-state index in [0.717, 1.165) is 31.5 Å². The smallest absolute Gasteiger partial charge is 0.170 e. The van der Waals surface area contributed by atoms with Crippen LogP contribution in [0.25, 0.3) is 0 Å². The molecule has 1 saturated carbocycles. The Labute approximate surface area is 127 Å². The molecule has 3 nitrogen and oxygen atoms in total. The van der Waals surface area contributed by atoms with Gasteiger partial charge in [0.25, 0.3) is 0 Å². The van der Waals surface area contributed by atoms with E-state index in [-0.39, 0.29) is 5.82 Å². The quantitative estimate of drug-likeness (QED) is 0.752. The van der Waals surface area contributed by atoms with Crippen LogP contribution >= 0.6 is 0 Å². The largest absolute Gasteiger partial charge is 0.351 e. The van der Waals surface area contributed by atoms with Gasteiger partial charge in [-0.05, 0) is 37.8 Å². The number of nitrogens with zero attached hydrogens (tertiary/aromatic N) is 2. The van der Waals surface area contributed by atoms with Gasteiger partial charge in [0.2, 0.25) is 0 Å². The molecule has 0 saturated heterocycles. The lowest BCUT2D eigenvalue weighted by molar-refractivity contribution is 0.530. The summed E-state index contributed by atoms with van der Waals surface area (Å²) in [6.07, 6.45) is 6.29. The van der Waals surface area contributed by atoms with E-state index in [1.54, 1.807) is 12.3 Å². The third-order valence-electron chi connectivity index (χ3n) is 3.83. The van der Waals surface area contributed by atoms with Crippen LogP contribution in [-0.4, -0.2) is 24.1 Å². The van der Waals surface area contributed by atoms with E-state index in [4.69, 9.17) is 0 Å². The number of pyridine rings is 1. The van der Waals surface area contributed by atoms with Crippen molar-refractivity contribution in [3.8, 4) is 0 Å². The summed E-state index contributed by atoms with van der Waals surface area (Å²) < 4.78 is 14.7. The maximum atomic E-state index is 14.7. The number of halogens is 1. The Morgan fingerprint density at radius 3 is 2.81 bits per heavy atom. The van der Waals surface area contributed by atoms with E-state index in [1.165, 1.54) is 12.8 Å². The van der Waals surface area contributed by atoms with Crippen LogP contribution < -0.4 is 10.2 Å². The second-order valence-electron chi connectivity index (χ2n) is 6.41. The summed E-state index contributed by atoms with van der Waals surface area (Å²) in [7, 11) is 0. The normalized spacial score (nSPS) is 14.7. The lowest BCUT2D eigenvalue weighted by Crippen LogP contribution is -2.29. The van der Waals surface area contributed by atoms with Gasteiger partial charge in [-0.15, -0.1) is 0 Å². The predicted octanol–water partition coefficient (Wildman–Crippen LogP) is 3.74. The maximum absolute atomic E-state index is 14.7. The molecule has 1 aliphatic carbocycles. The van der Waals surface area contributed by atoms with Gasteiger partial charge in [-0.2, -0.15) is 0 Å². The van der Waals surface area contributed by atoms with Gasteiger partial charge in [0.15, 0.2) is 11.6 Å². The summed E-state index contributed by atoms with van der Waals surface area (Å²) in [6, 6.07) is 2.29. The number of rotatable bonds is 9. The molecule has 21 heavy (non-hydrogen) atoms. The summed E-state index contributed by atoms with van der Waals surface area (Å²) >= 11 is 0. The number of unbranched alkanes of at least 4 members (excludes halogenated alkanes) is 1. The van der Waals surface area contributed by atoms with Crippen LogP contribution in [0.2, 0.25) is 0 Å². The zero-order chi connectivity index (χ0) is 15.2. The number of hydrogen-bond acceptors (Lipinski definition) is 3. The van der Waals surface area contributed by atoms with E-state index >= 15 is 0 Å².